The summed E-state index contributed by atoms with van der Waals surface area (Å²) in [5, 5.41) is 9.99. The number of phenolic OH excluding ortho intramolecular Hbond substituents is 1. The highest BCUT2D eigenvalue weighted by Crippen LogP contribution is 2.42. The summed E-state index contributed by atoms with van der Waals surface area (Å²) in [5.74, 6) is 5.78. The lowest BCUT2D eigenvalue weighted by atomic mass is 10.1. The van der Waals surface area contributed by atoms with Crippen LogP contribution in [0.25, 0.3) is 0 Å². The highest BCUT2D eigenvalue weighted by molar-refractivity contribution is 6.32. The van der Waals surface area contributed by atoms with Gasteiger partial charge in [-0.25, -0.2) is 5.90 Å². The number of hydrogen-bond acceptors (Lipinski definition) is 5. The fraction of sp³-hybridized carbons (Fsp3) is 0.400. The highest BCUT2D eigenvalue weighted by atomic mass is 35.5. The number of hydrogen-bond donors (Lipinski definition) is 2. The molecular formula is C10H14ClNO4. The van der Waals surface area contributed by atoms with Gasteiger partial charge in [-0.3, -0.25) is 0 Å². The van der Waals surface area contributed by atoms with E-state index in [4.69, 9.17) is 27.0 Å². The Morgan fingerprint density at radius 2 is 2.06 bits per heavy atom. The van der Waals surface area contributed by atoms with Gasteiger partial charge in [0.1, 0.15) is 5.75 Å². The average Bonchev–Trinajstić information content (AvgIpc) is 2.30. The zero-order valence-corrected chi connectivity index (χ0v) is 9.87. The molecule has 16 heavy (non-hydrogen) atoms. The van der Waals surface area contributed by atoms with Gasteiger partial charge in [-0.1, -0.05) is 11.6 Å². The van der Waals surface area contributed by atoms with E-state index in [1.165, 1.54) is 20.3 Å². The molecule has 0 aliphatic carbocycles. The predicted molar refractivity (Wildman–Crippen MR) is 60.1 cm³/mol. The molecule has 0 fully saturated rings. The first-order valence-electron chi connectivity index (χ1n) is 4.59. The van der Waals surface area contributed by atoms with Crippen LogP contribution in [0.5, 0.6) is 17.2 Å². The van der Waals surface area contributed by atoms with E-state index in [1.807, 2.05) is 0 Å². The summed E-state index contributed by atoms with van der Waals surface area (Å²) in [4.78, 5) is 4.46. The molecule has 0 aliphatic rings. The molecule has 1 rings (SSSR count). The third-order valence-corrected chi connectivity index (χ3v) is 2.45. The third-order valence-electron chi connectivity index (χ3n) is 2.16. The fourth-order valence-corrected chi connectivity index (χ4v) is 1.63. The summed E-state index contributed by atoms with van der Waals surface area (Å²) in [6.45, 7) is 0.243. The van der Waals surface area contributed by atoms with Crippen molar-refractivity contribution in [3.05, 3.63) is 16.7 Å². The molecule has 90 valence electrons. The largest absolute Gasteiger partial charge is 0.506 e. The number of halogens is 1. The van der Waals surface area contributed by atoms with Crippen molar-refractivity contribution in [2.24, 2.45) is 5.90 Å². The molecule has 5 nitrogen and oxygen atoms in total. The van der Waals surface area contributed by atoms with Gasteiger partial charge in [0.05, 0.1) is 25.8 Å². The molecule has 0 spiro atoms. The van der Waals surface area contributed by atoms with E-state index < -0.39 is 0 Å². The molecule has 0 radical (unpaired) electrons. The van der Waals surface area contributed by atoms with Crippen molar-refractivity contribution in [1.82, 2.24) is 0 Å². The van der Waals surface area contributed by atoms with E-state index in [9.17, 15) is 5.11 Å². The SMILES string of the molecule is COc1cc(Cl)c(O)c(CCON)c1OC. The maximum Gasteiger partial charge on any atom is 0.167 e. The maximum atomic E-state index is 9.79. The predicted octanol–water partition coefficient (Wildman–Crippen LogP) is 1.50. The van der Waals surface area contributed by atoms with Crippen LogP contribution in [0, 0.1) is 0 Å². The standard InChI is InChI=1S/C10H14ClNO4/c1-14-8-5-7(11)9(13)6(3-4-16-12)10(8)15-2/h5,13H,3-4,12H2,1-2H3. The summed E-state index contributed by atoms with van der Waals surface area (Å²) in [6, 6.07) is 1.49. The lowest BCUT2D eigenvalue weighted by Crippen LogP contribution is -2.06. The monoisotopic (exact) mass is 247 g/mol. The second-order valence-corrected chi connectivity index (χ2v) is 3.45. The second kappa shape index (κ2) is 5.79. The number of ether oxygens (including phenoxy) is 2. The van der Waals surface area contributed by atoms with Crippen molar-refractivity contribution in [3.63, 3.8) is 0 Å². The van der Waals surface area contributed by atoms with Crippen LogP contribution >= 0.6 is 11.6 Å². The van der Waals surface area contributed by atoms with Crippen LogP contribution in [-0.2, 0) is 11.3 Å². The zero-order valence-electron chi connectivity index (χ0n) is 9.12. The van der Waals surface area contributed by atoms with Gasteiger partial charge in [-0.05, 0) is 0 Å². The molecule has 0 atom stereocenters. The Morgan fingerprint density at radius 1 is 1.38 bits per heavy atom. The molecule has 1 aromatic carbocycles. The van der Waals surface area contributed by atoms with Gasteiger partial charge in [-0.2, -0.15) is 0 Å². The zero-order chi connectivity index (χ0) is 12.1. The van der Waals surface area contributed by atoms with Crippen molar-refractivity contribution in [2.45, 2.75) is 6.42 Å². The molecule has 0 unspecified atom stereocenters. The Kier molecular flexibility index (Phi) is 4.67. The van der Waals surface area contributed by atoms with E-state index in [1.54, 1.807) is 0 Å². The van der Waals surface area contributed by atoms with Crippen molar-refractivity contribution < 1.29 is 19.4 Å². The number of rotatable bonds is 5. The molecular weight excluding hydrogens is 234 g/mol. The van der Waals surface area contributed by atoms with Gasteiger partial charge < -0.3 is 19.4 Å². The lowest BCUT2D eigenvalue weighted by Gasteiger charge is -2.15. The minimum atomic E-state index is -0.0450. The van der Waals surface area contributed by atoms with Crippen molar-refractivity contribution >= 4 is 11.6 Å². The van der Waals surface area contributed by atoms with E-state index in [0.29, 0.717) is 23.5 Å². The summed E-state index contributed by atoms with van der Waals surface area (Å²) in [7, 11) is 2.98. The van der Waals surface area contributed by atoms with Gasteiger partial charge in [0.2, 0.25) is 0 Å². The van der Waals surface area contributed by atoms with E-state index >= 15 is 0 Å². The number of methoxy groups -OCH3 is 2. The molecule has 0 heterocycles. The molecule has 0 aliphatic heterocycles. The Labute approximate surface area is 98.6 Å². The van der Waals surface area contributed by atoms with Crippen LogP contribution in [0.15, 0.2) is 6.07 Å². The van der Waals surface area contributed by atoms with Gasteiger partial charge in [0.25, 0.3) is 0 Å². The highest BCUT2D eigenvalue weighted by Gasteiger charge is 2.18. The minimum absolute atomic E-state index is 0.0450. The van der Waals surface area contributed by atoms with Crippen LogP contribution in [0.1, 0.15) is 5.56 Å². The number of aromatic hydroxyl groups is 1. The maximum absolute atomic E-state index is 9.79. The first-order chi connectivity index (χ1) is 7.65. The molecule has 0 bridgehead atoms. The normalized spacial score (nSPS) is 10.2. The smallest absolute Gasteiger partial charge is 0.167 e. The lowest BCUT2D eigenvalue weighted by molar-refractivity contribution is 0.140. The van der Waals surface area contributed by atoms with E-state index in [-0.39, 0.29) is 17.4 Å². The molecule has 0 aromatic heterocycles. The first kappa shape index (κ1) is 12.9. The molecule has 3 N–H and O–H groups in total. The number of nitrogens with two attached hydrogens (primary N) is 1. The van der Waals surface area contributed by atoms with Gasteiger partial charge in [0, 0.05) is 18.1 Å². The van der Waals surface area contributed by atoms with Crippen LogP contribution in [0.4, 0.5) is 0 Å². The number of benzene rings is 1. The van der Waals surface area contributed by atoms with Crippen LogP contribution in [0.3, 0.4) is 0 Å². The second-order valence-electron chi connectivity index (χ2n) is 3.04. The number of phenols is 1. The quantitative estimate of drug-likeness (QED) is 0.772. The molecule has 0 amide bonds. The average molecular weight is 248 g/mol. The van der Waals surface area contributed by atoms with Gasteiger partial charge >= 0.3 is 0 Å². The van der Waals surface area contributed by atoms with Gasteiger partial charge in [-0.15, -0.1) is 0 Å². The third kappa shape index (κ3) is 2.49. The van der Waals surface area contributed by atoms with Crippen LogP contribution in [0.2, 0.25) is 5.02 Å². The fourth-order valence-electron chi connectivity index (χ4n) is 1.42. The van der Waals surface area contributed by atoms with Crippen molar-refractivity contribution in [3.8, 4) is 17.2 Å². The molecule has 0 saturated carbocycles. The Bertz CT molecular complexity index is 370. The summed E-state index contributed by atoms with van der Waals surface area (Å²) in [5.41, 5.74) is 0.511. The Hall–Kier alpha value is -1.17. The van der Waals surface area contributed by atoms with Crippen LogP contribution < -0.4 is 15.4 Å². The first-order valence-corrected chi connectivity index (χ1v) is 4.97. The van der Waals surface area contributed by atoms with E-state index in [0.717, 1.165) is 0 Å². The summed E-state index contributed by atoms with van der Waals surface area (Å²) >= 11 is 5.85. The summed E-state index contributed by atoms with van der Waals surface area (Å²) < 4.78 is 10.3. The van der Waals surface area contributed by atoms with Crippen molar-refractivity contribution in [2.75, 3.05) is 20.8 Å². The van der Waals surface area contributed by atoms with Crippen molar-refractivity contribution in [1.29, 1.82) is 0 Å². The Balaban J connectivity index is 3.23. The molecule has 6 heteroatoms. The Morgan fingerprint density at radius 3 is 2.56 bits per heavy atom. The topological polar surface area (TPSA) is 73.9 Å². The van der Waals surface area contributed by atoms with Gasteiger partial charge in [0.15, 0.2) is 11.5 Å². The minimum Gasteiger partial charge on any atom is -0.506 e. The van der Waals surface area contributed by atoms with E-state index in [2.05, 4.69) is 4.84 Å². The van der Waals surface area contributed by atoms with Crippen LogP contribution in [-0.4, -0.2) is 25.9 Å². The molecule has 0 saturated heterocycles. The summed E-state index contributed by atoms with van der Waals surface area (Å²) in [6.07, 6.45) is 0.377. The molecule has 1 aromatic rings.